The largest absolute Gasteiger partial charge is 0.265 e. The van der Waals surface area contributed by atoms with Crippen LogP contribution in [-0.2, 0) is 0 Å². The van der Waals surface area contributed by atoms with Gasteiger partial charge in [-0.25, -0.2) is 0 Å². The second kappa shape index (κ2) is 5.61. The number of aryl methyl sites for hydroxylation is 1. The van der Waals surface area contributed by atoms with E-state index in [-0.39, 0.29) is 0 Å². The van der Waals surface area contributed by atoms with Gasteiger partial charge in [0.1, 0.15) is 5.69 Å². The van der Waals surface area contributed by atoms with E-state index in [9.17, 15) is 0 Å². The molecule has 0 aliphatic carbocycles. The van der Waals surface area contributed by atoms with Crippen LogP contribution in [0.1, 0.15) is 5.69 Å². The van der Waals surface area contributed by atoms with E-state index in [1.165, 1.54) is 10.8 Å². The van der Waals surface area contributed by atoms with Crippen molar-refractivity contribution in [3.63, 3.8) is 0 Å². The molecule has 2 aromatic heterocycles. The van der Waals surface area contributed by atoms with Crippen LogP contribution in [0.4, 0.5) is 0 Å². The predicted molar refractivity (Wildman–Crippen MR) is 92.9 cm³/mol. The zero-order valence-corrected chi connectivity index (χ0v) is 12.8. The molecule has 23 heavy (non-hydrogen) atoms. The topological polar surface area (TPSA) is 38.7 Å². The monoisotopic (exact) mass is 297 g/mol. The predicted octanol–water partition coefficient (Wildman–Crippen LogP) is 4.67. The first-order chi connectivity index (χ1) is 11.3. The van der Waals surface area contributed by atoms with Crippen LogP contribution < -0.4 is 0 Å². The highest BCUT2D eigenvalue weighted by molar-refractivity contribution is 5.99. The molecular weight excluding hydrogens is 282 g/mol. The Bertz CT molecular complexity index is 973. The summed E-state index contributed by atoms with van der Waals surface area (Å²) in [4.78, 5) is 4.11. The molecule has 3 nitrogen and oxygen atoms in total. The quantitative estimate of drug-likeness (QED) is 0.540. The van der Waals surface area contributed by atoms with Crippen LogP contribution in [0.5, 0.6) is 0 Å². The average molecular weight is 297 g/mol. The number of aromatic nitrogens is 3. The third kappa shape index (κ3) is 2.46. The van der Waals surface area contributed by atoms with Crippen LogP contribution in [0.3, 0.4) is 0 Å². The van der Waals surface area contributed by atoms with Crippen LogP contribution in [0.25, 0.3) is 33.2 Å². The molecule has 0 saturated heterocycles. The van der Waals surface area contributed by atoms with E-state index in [1.807, 2.05) is 19.1 Å². The molecule has 0 radical (unpaired) electrons. The fraction of sp³-hybridized carbons (Fsp3) is 0.0500. The molecule has 3 heteroatoms. The minimum Gasteiger partial charge on any atom is -0.265 e. The molecule has 0 unspecified atom stereocenters. The van der Waals surface area contributed by atoms with Gasteiger partial charge in [0.15, 0.2) is 0 Å². The van der Waals surface area contributed by atoms with Crippen LogP contribution in [0.15, 0.2) is 73.1 Å². The summed E-state index contributed by atoms with van der Waals surface area (Å²) in [7, 11) is 0. The molecule has 0 N–H and O–H groups in total. The van der Waals surface area contributed by atoms with Gasteiger partial charge in [-0.3, -0.25) is 4.98 Å². The number of pyridine rings is 1. The molecule has 0 bridgehead atoms. The van der Waals surface area contributed by atoms with Crippen molar-refractivity contribution in [2.75, 3.05) is 0 Å². The molecule has 0 saturated carbocycles. The standard InChI is InChI=1S/C20H15N3/c1-14-13-19(16-9-11-21-12-10-16)20(23-22-14)18-8-4-6-15-5-2-3-7-17(15)18/h2-13H,1H3. The first kappa shape index (κ1) is 13.6. The maximum atomic E-state index is 4.50. The molecule has 4 aromatic rings. The normalized spacial score (nSPS) is 10.8. The van der Waals surface area contributed by atoms with Crippen molar-refractivity contribution in [3.8, 4) is 22.4 Å². The average Bonchev–Trinajstić information content (AvgIpc) is 2.62. The number of fused-ring (bicyclic) bond motifs is 1. The van der Waals surface area contributed by atoms with Crippen molar-refractivity contribution < 1.29 is 0 Å². The SMILES string of the molecule is Cc1cc(-c2ccncc2)c(-c2cccc3ccccc23)nn1. The highest BCUT2D eigenvalue weighted by Gasteiger charge is 2.13. The summed E-state index contributed by atoms with van der Waals surface area (Å²) in [6.07, 6.45) is 3.61. The van der Waals surface area contributed by atoms with Gasteiger partial charge in [0, 0.05) is 23.5 Å². The fourth-order valence-corrected chi connectivity index (χ4v) is 2.87. The Morgan fingerprint density at radius 2 is 1.52 bits per heavy atom. The Hall–Kier alpha value is -3.07. The highest BCUT2D eigenvalue weighted by atomic mass is 15.1. The molecule has 0 aliphatic heterocycles. The highest BCUT2D eigenvalue weighted by Crippen LogP contribution is 2.34. The minimum atomic E-state index is 0.901. The van der Waals surface area contributed by atoms with E-state index in [0.29, 0.717) is 0 Å². The maximum Gasteiger partial charge on any atom is 0.101 e. The van der Waals surface area contributed by atoms with Gasteiger partial charge >= 0.3 is 0 Å². The lowest BCUT2D eigenvalue weighted by atomic mass is 9.96. The van der Waals surface area contributed by atoms with Gasteiger partial charge in [-0.15, -0.1) is 5.10 Å². The van der Waals surface area contributed by atoms with Gasteiger partial charge in [0.25, 0.3) is 0 Å². The number of hydrogen-bond donors (Lipinski definition) is 0. The lowest BCUT2D eigenvalue weighted by Crippen LogP contribution is -1.95. The van der Waals surface area contributed by atoms with Gasteiger partial charge in [-0.2, -0.15) is 5.10 Å². The van der Waals surface area contributed by atoms with E-state index in [2.05, 4.69) is 63.7 Å². The van der Waals surface area contributed by atoms with E-state index in [1.54, 1.807) is 12.4 Å². The van der Waals surface area contributed by atoms with E-state index in [4.69, 9.17) is 0 Å². The number of benzene rings is 2. The van der Waals surface area contributed by atoms with Crippen molar-refractivity contribution in [2.45, 2.75) is 6.92 Å². The van der Waals surface area contributed by atoms with Crippen LogP contribution in [0, 0.1) is 6.92 Å². The Labute approximate surface area is 134 Å². The smallest absolute Gasteiger partial charge is 0.101 e. The van der Waals surface area contributed by atoms with Crippen LogP contribution in [0.2, 0.25) is 0 Å². The molecule has 0 amide bonds. The summed E-state index contributed by atoms with van der Waals surface area (Å²) in [6, 6.07) is 20.7. The molecular formula is C20H15N3. The molecule has 0 atom stereocenters. The molecule has 2 aromatic carbocycles. The molecule has 0 spiro atoms. The van der Waals surface area contributed by atoms with Crippen LogP contribution >= 0.6 is 0 Å². The molecule has 0 fully saturated rings. The molecule has 110 valence electrons. The van der Waals surface area contributed by atoms with Gasteiger partial charge in [-0.05, 0) is 41.5 Å². The molecule has 2 heterocycles. The van der Waals surface area contributed by atoms with Gasteiger partial charge < -0.3 is 0 Å². The summed E-state index contributed by atoms with van der Waals surface area (Å²) in [6.45, 7) is 1.96. The minimum absolute atomic E-state index is 0.901. The summed E-state index contributed by atoms with van der Waals surface area (Å²) in [5.74, 6) is 0. The van der Waals surface area contributed by atoms with Crippen molar-refractivity contribution >= 4 is 10.8 Å². The third-order valence-electron chi connectivity index (χ3n) is 3.95. The number of hydrogen-bond acceptors (Lipinski definition) is 3. The van der Waals surface area contributed by atoms with Crippen molar-refractivity contribution in [1.82, 2.24) is 15.2 Å². The molecule has 0 aliphatic rings. The summed E-state index contributed by atoms with van der Waals surface area (Å²) >= 11 is 0. The van der Waals surface area contributed by atoms with E-state index in [0.717, 1.165) is 28.1 Å². The zero-order valence-electron chi connectivity index (χ0n) is 12.8. The Balaban J connectivity index is 2.02. The van der Waals surface area contributed by atoms with Gasteiger partial charge in [-0.1, -0.05) is 42.5 Å². The van der Waals surface area contributed by atoms with Crippen molar-refractivity contribution in [1.29, 1.82) is 0 Å². The number of rotatable bonds is 2. The first-order valence-corrected chi connectivity index (χ1v) is 7.56. The fourth-order valence-electron chi connectivity index (χ4n) is 2.87. The van der Waals surface area contributed by atoms with Crippen molar-refractivity contribution in [3.05, 3.63) is 78.8 Å². The second-order valence-corrected chi connectivity index (χ2v) is 5.51. The summed E-state index contributed by atoms with van der Waals surface area (Å²) < 4.78 is 0. The molecule has 4 rings (SSSR count). The van der Waals surface area contributed by atoms with E-state index < -0.39 is 0 Å². The van der Waals surface area contributed by atoms with Gasteiger partial charge in [0.2, 0.25) is 0 Å². The Morgan fingerprint density at radius 1 is 0.739 bits per heavy atom. The lowest BCUT2D eigenvalue weighted by Gasteiger charge is -2.11. The Kier molecular flexibility index (Phi) is 3.31. The zero-order chi connectivity index (χ0) is 15.6. The second-order valence-electron chi connectivity index (χ2n) is 5.51. The lowest BCUT2D eigenvalue weighted by molar-refractivity contribution is 0.990. The van der Waals surface area contributed by atoms with Crippen LogP contribution in [-0.4, -0.2) is 15.2 Å². The first-order valence-electron chi connectivity index (χ1n) is 7.56. The summed E-state index contributed by atoms with van der Waals surface area (Å²) in [5, 5.41) is 11.2. The number of nitrogens with zero attached hydrogens (tertiary/aromatic N) is 3. The van der Waals surface area contributed by atoms with Gasteiger partial charge in [0.05, 0.1) is 5.69 Å². The van der Waals surface area contributed by atoms with Crippen molar-refractivity contribution in [2.24, 2.45) is 0 Å². The van der Waals surface area contributed by atoms with E-state index >= 15 is 0 Å². The Morgan fingerprint density at radius 3 is 2.39 bits per heavy atom. The third-order valence-corrected chi connectivity index (χ3v) is 3.95. The maximum absolute atomic E-state index is 4.50. The summed E-state index contributed by atoms with van der Waals surface area (Å²) in [5.41, 5.74) is 5.08.